The molecule has 0 spiro atoms. The van der Waals surface area contributed by atoms with Crippen molar-refractivity contribution < 1.29 is 19.1 Å². The summed E-state index contributed by atoms with van der Waals surface area (Å²) in [5, 5.41) is 0. The number of likely N-dealkylation sites (tertiary alicyclic amines) is 1. The minimum Gasteiger partial charge on any atom is -0.491 e. The third-order valence-corrected chi connectivity index (χ3v) is 5.12. The molecule has 3 rings (SSSR count). The summed E-state index contributed by atoms with van der Waals surface area (Å²) >= 11 is 0. The number of hydrogen-bond donors (Lipinski definition) is 0. The van der Waals surface area contributed by atoms with Crippen LogP contribution in [-0.2, 0) is 9.53 Å². The van der Waals surface area contributed by atoms with Crippen molar-refractivity contribution in [3.05, 3.63) is 29.8 Å². The normalized spacial score (nSPS) is 20.2. The third kappa shape index (κ3) is 5.22. The molecule has 0 bridgehead atoms. The molecule has 2 amide bonds. The largest absolute Gasteiger partial charge is 0.491 e. The van der Waals surface area contributed by atoms with Crippen LogP contribution in [0.3, 0.4) is 0 Å². The van der Waals surface area contributed by atoms with Crippen LogP contribution >= 0.6 is 0 Å². The number of morpholine rings is 1. The van der Waals surface area contributed by atoms with E-state index in [1.165, 1.54) is 0 Å². The molecule has 1 aromatic rings. The van der Waals surface area contributed by atoms with E-state index < -0.39 is 0 Å². The molecule has 2 aliphatic heterocycles. The summed E-state index contributed by atoms with van der Waals surface area (Å²) in [5.41, 5.74) is 0.666. The van der Waals surface area contributed by atoms with Gasteiger partial charge in [-0.1, -0.05) is 13.8 Å². The molecule has 6 nitrogen and oxygen atoms in total. The van der Waals surface area contributed by atoms with Crippen LogP contribution in [0.5, 0.6) is 5.75 Å². The Hall–Kier alpha value is -2.08. The molecule has 1 unspecified atom stereocenters. The first-order valence-corrected chi connectivity index (χ1v) is 9.94. The molecular weight excluding hydrogens is 344 g/mol. The predicted molar refractivity (Wildman–Crippen MR) is 103 cm³/mol. The Morgan fingerprint density at radius 1 is 1.15 bits per heavy atom. The molecule has 0 N–H and O–H groups in total. The van der Waals surface area contributed by atoms with Crippen LogP contribution < -0.4 is 4.74 Å². The van der Waals surface area contributed by atoms with Crippen LogP contribution in [0.25, 0.3) is 0 Å². The first-order valence-electron chi connectivity index (χ1n) is 9.94. The zero-order valence-electron chi connectivity index (χ0n) is 16.4. The van der Waals surface area contributed by atoms with Gasteiger partial charge in [-0.15, -0.1) is 0 Å². The van der Waals surface area contributed by atoms with Crippen molar-refractivity contribution in [2.75, 3.05) is 39.5 Å². The number of rotatable bonds is 6. The standard InChI is InChI=1S/C21H30N2O4/c1-16(2)14-20(24)23-9-3-4-18(23)15-27-19-7-5-17(6-8-19)21(25)22-10-12-26-13-11-22/h5-8,16,18H,3-4,9-15H2,1-2H3. The van der Waals surface area contributed by atoms with E-state index in [9.17, 15) is 9.59 Å². The van der Waals surface area contributed by atoms with E-state index in [2.05, 4.69) is 13.8 Å². The minimum atomic E-state index is 0.0334. The van der Waals surface area contributed by atoms with Gasteiger partial charge >= 0.3 is 0 Å². The lowest BCUT2D eigenvalue weighted by molar-refractivity contribution is -0.133. The van der Waals surface area contributed by atoms with Gasteiger partial charge in [-0.25, -0.2) is 0 Å². The molecule has 0 radical (unpaired) electrons. The summed E-state index contributed by atoms with van der Waals surface area (Å²) in [6, 6.07) is 7.43. The Bertz CT molecular complexity index is 638. The van der Waals surface area contributed by atoms with E-state index >= 15 is 0 Å². The molecule has 2 saturated heterocycles. The highest BCUT2D eigenvalue weighted by molar-refractivity contribution is 5.94. The Balaban J connectivity index is 1.52. The maximum atomic E-state index is 12.5. The molecule has 27 heavy (non-hydrogen) atoms. The van der Waals surface area contributed by atoms with Gasteiger partial charge in [-0.05, 0) is 43.0 Å². The third-order valence-electron chi connectivity index (χ3n) is 5.12. The molecule has 1 atom stereocenters. The molecule has 1 aromatic carbocycles. The van der Waals surface area contributed by atoms with E-state index in [1.807, 2.05) is 34.1 Å². The molecule has 0 saturated carbocycles. The lowest BCUT2D eigenvalue weighted by atomic mass is 10.1. The second kappa shape index (κ2) is 9.22. The fourth-order valence-electron chi connectivity index (χ4n) is 3.64. The zero-order chi connectivity index (χ0) is 19.2. The van der Waals surface area contributed by atoms with Crippen LogP contribution in [0.4, 0.5) is 0 Å². The van der Waals surface area contributed by atoms with Gasteiger partial charge in [0.05, 0.1) is 19.3 Å². The summed E-state index contributed by atoms with van der Waals surface area (Å²) in [6.45, 7) is 7.93. The second-order valence-corrected chi connectivity index (χ2v) is 7.72. The predicted octanol–water partition coefficient (Wildman–Crippen LogP) is 2.57. The van der Waals surface area contributed by atoms with Crippen LogP contribution in [0.15, 0.2) is 24.3 Å². The van der Waals surface area contributed by atoms with Gasteiger partial charge < -0.3 is 19.3 Å². The van der Waals surface area contributed by atoms with Gasteiger partial charge in [0.15, 0.2) is 0 Å². The summed E-state index contributed by atoms with van der Waals surface area (Å²) in [4.78, 5) is 28.6. The fraction of sp³-hybridized carbons (Fsp3) is 0.619. The zero-order valence-corrected chi connectivity index (χ0v) is 16.4. The van der Waals surface area contributed by atoms with E-state index in [4.69, 9.17) is 9.47 Å². The van der Waals surface area contributed by atoms with Gasteiger partial charge in [0, 0.05) is 31.6 Å². The van der Waals surface area contributed by atoms with Crippen molar-refractivity contribution in [1.29, 1.82) is 0 Å². The van der Waals surface area contributed by atoms with Crippen molar-refractivity contribution in [2.24, 2.45) is 5.92 Å². The molecule has 2 heterocycles. The average molecular weight is 374 g/mol. The highest BCUT2D eigenvalue weighted by atomic mass is 16.5. The van der Waals surface area contributed by atoms with Gasteiger partial charge in [-0.2, -0.15) is 0 Å². The van der Waals surface area contributed by atoms with Crippen molar-refractivity contribution in [2.45, 2.75) is 39.2 Å². The van der Waals surface area contributed by atoms with Crippen molar-refractivity contribution >= 4 is 11.8 Å². The molecule has 0 aliphatic carbocycles. The Morgan fingerprint density at radius 3 is 2.52 bits per heavy atom. The number of benzene rings is 1. The number of ether oxygens (including phenoxy) is 2. The van der Waals surface area contributed by atoms with Crippen LogP contribution in [-0.4, -0.2) is 67.1 Å². The number of carbonyl (C=O) groups is 2. The number of amides is 2. The Kier molecular flexibility index (Phi) is 6.72. The molecule has 2 aliphatic rings. The monoisotopic (exact) mass is 374 g/mol. The number of carbonyl (C=O) groups excluding carboxylic acids is 2. The number of nitrogens with zero attached hydrogens (tertiary/aromatic N) is 2. The first-order chi connectivity index (χ1) is 13.0. The smallest absolute Gasteiger partial charge is 0.254 e. The van der Waals surface area contributed by atoms with Gasteiger partial charge in [0.1, 0.15) is 12.4 Å². The van der Waals surface area contributed by atoms with Crippen molar-refractivity contribution in [1.82, 2.24) is 9.80 Å². The summed E-state index contributed by atoms with van der Waals surface area (Å²) < 4.78 is 11.2. The van der Waals surface area contributed by atoms with E-state index in [-0.39, 0.29) is 17.9 Å². The molecule has 6 heteroatoms. The lowest BCUT2D eigenvalue weighted by Gasteiger charge is -2.27. The SMILES string of the molecule is CC(C)CC(=O)N1CCCC1COc1ccc(C(=O)N2CCOCC2)cc1. The molecule has 2 fully saturated rings. The van der Waals surface area contributed by atoms with E-state index in [0.717, 1.165) is 25.1 Å². The fourth-order valence-corrected chi connectivity index (χ4v) is 3.64. The maximum Gasteiger partial charge on any atom is 0.254 e. The summed E-state index contributed by atoms with van der Waals surface area (Å²) in [6.07, 6.45) is 2.61. The number of hydrogen-bond acceptors (Lipinski definition) is 4. The van der Waals surface area contributed by atoms with Gasteiger partial charge in [-0.3, -0.25) is 9.59 Å². The van der Waals surface area contributed by atoms with Crippen LogP contribution in [0.2, 0.25) is 0 Å². The molecule has 0 aromatic heterocycles. The molecule has 148 valence electrons. The Morgan fingerprint density at radius 2 is 1.85 bits per heavy atom. The van der Waals surface area contributed by atoms with Crippen molar-refractivity contribution in [3.8, 4) is 5.75 Å². The second-order valence-electron chi connectivity index (χ2n) is 7.72. The summed E-state index contributed by atoms with van der Waals surface area (Å²) in [5.74, 6) is 1.36. The van der Waals surface area contributed by atoms with Crippen molar-refractivity contribution in [3.63, 3.8) is 0 Å². The maximum absolute atomic E-state index is 12.5. The molecular formula is C21H30N2O4. The highest BCUT2D eigenvalue weighted by Gasteiger charge is 2.29. The van der Waals surface area contributed by atoms with Crippen LogP contribution in [0, 0.1) is 5.92 Å². The first kappa shape index (κ1) is 19.7. The van der Waals surface area contributed by atoms with Gasteiger partial charge in [0.25, 0.3) is 5.91 Å². The topological polar surface area (TPSA) is 59.1 Å². The Labute approximate surface area is 161 Å². The van der Waals surface area contributed by atoms with Crippen LogP contribution in [0.1, 0.15) is 43.5 Å². The summed E-state index contributed by atoms with van der Waals surface area (Å²) in [7, 11) is 0. The van der Waals surface area contributed by atoms with E-state index in [1.54, 1.807) is 0 Å². The highest BCUT2D eigenvalue weighted by Crippen LogP contribution is 2.22. The van der Waals surface area contributed by atoms with E-state index in [0.29, 0.717) is 50.8 Å². The minimum absolute atomic E-state index is 0.0334. The average Bonchev–Trinajstić information content (AvgIpc) is 3.15. The lowest BCUT2D eigenvalue weighted by Crippen LogP contribution is -2.40. The van der Waals surface area contributed by atoms with Gasteiger partial charge in [0.2, 0.25) is 5.91 Å². The quantitative estimate of drug-likeness (QED) is 0.768.